The summed E-state index contributed by atoms with van der Waals surface area (Å²) in [7, 11) is 0. The van der Waals surface area contributed by atoms with E-state index in [1.165, 1.54) is 0 Å². The monoisotopic (exact) mass is 249 g/mol. The Balaban J connectivity index is 0.000000771. The van der Waals surface area contributed by atoms with Crippen molar-refractivity contribution in [3.63, 3.8) is 0 Å². The topological polar surface area (TPSA) is 55.4 Å². The maximum Gasteiger partial charge on any atom is 0.306 e. The number of ether oxygens (including phenoxy) is 1. The zero-order chi connectivity index (χ0) is 13.5. The van der Waals surface area contributed by atoms with Crippen LogP contribution in [0.2, 0.25) is 0 Å². The minimum Gasteiger partial charge on any atom is -0.466 e. The molecule has 18 heavy (non-hydrogen) atoms. The van der Waals surface area contributed by atoms with Gasteiger partial charge in [0.25, 0.3) is 0 Å². The SMILES string of the molecule is CC.CCOC(=O)CC1C(=O)Nc2ccccc21. The van der Waals surface area contributed by atoms with Gasteiger partial charge in [-0.3, -0.25) is 9.59 Å². The fourth-order valence-electron chi connectivity index (χ4n) is 1.87. The molecule has 0 radical (unpaired) electrons. The van der Waals surface area contributed by atoms with Crippen LogP contribution in [-0.2, 0) is 14.3 Å². The van der Waals surface area contributed by atoms with Crippen LogP contribution in [0.5, 0.6) is 0 Å². The fourth-order valence-corrected chi connectivity index (χ4v) is 1.87. The van der Waals surface area contributed by atoms with E-state index in [0.29, 0.717) is 6.61 Å². The number of nitrogens with one attached hydrogen (secondary N) is 1. The summed E-state index contributed by atoms with van der Waals surface area (Å²) < 4.78 is 4.85. The lowest BCUT2D eigenvalue weighted by atomic mass is 9.97. The zero-order valence-corrected chi connectivity index (χ0v) is 11.0. The summed E-state index contributed by atoms with van der Waals surface area (Å²) in [6, 6.07) is 7.40. The van der Waals surface area contributed by atoms with Crippen molar-refractivity contribution in [1.82, 2.24) is 0 Å². The van der Waals surface area contributed by atoms with Gasteiger partial charge in [-0.15, -0.1) is 0 Å². The Bertz CT molecular complexity index is 429. The van der Waals surface area contributed by atoms with Crippen LogP contribution in [0.3, 0.4) is 0 Å². The minimum absolute atomic E-state index is 0.108. The van der Waals surface area contributed by atoms with Gasteiger partial charge in [0.2, 0.25) is 5.91 Å². The molecule has 1 aliphatic heterocycles. The summed E-state index contributed by atoms with van der Waals surface area (Å²) in [4.78, 5) is 23.0. The molecule has 4 nitrogen and oxygen atoms in total. The lowest BCUT2D eigenvalue weighted by Crippen LogP contribution is -2.17. The highest BCUT2D eigenvalue weighted by Crippen LogP contribution is 2.34. The van der Waals surface area contributed by atoms with Crippen LogP contribution < -0.4 is 5.32 Å². The summed E-state index contributed by atoms with van der Waals surface area (Å²) in [5.74, 6) is -0.871. The van der Waals surface area contributed by atoms with Crippen LogP contribution >= 0.6 is 0 Å². The molecule has 1 N–H and O–H groups in total. The molecule has 0 saturated carbocycles. The molecule has 2 rings (SSSR count). The average molecular weight is 249 g/mol. The lowest BCUT2D eigenvalue weighted by Gasteiger charge is -2.07. The van der Waals surface area contributed by atoms with Gasteiger partial charge in [-0.25, -0.2) is 0 Å². The van der Waals surface area contributed by atoms with E-state index >= 15 is 0 Å². The molecule has 1 unspecified atom stereocenters. The minimum atomic E-state index is -0.407. The highest BCUT2D eigenvalue weighted by atomic mass is 16.5. The Morgan fingerprint density at radius 3 is 2.67 bits per heavy atom. The van der Waals surface area contributed by atoms with Gasteiger partial charge in [0.15, 0.2) is 0 Å². The normalized spacial score (nSPS) is 16.2. The van der Waals surface area contributed by atoms with E-state index in [-0.39, 0.29) is 18.3 Å². The number of carbonyl (C=O) groups excluding carboxylic acids is 2. The standard InChI is InChI=1S/C12H13NO3.C2H6/c1-2-16-11(14)7-9-8-5-3-4-6-10(8)13-12(9)15;1-2/h3-6,9H,2,7H2,1H3,(H,13,15);1-2H3. The van der Waals surface area contributed by atoms with Gasteiger partial charge < -0.3 is 10.1 Å². The molecule has 1 amide bonds. The molecule has 0 saturated heterocycles. The number of hydrogen-bond acceptors (Lipinski definition) is 3. The van der Waals surface area contributed by atoms with Crippen molar-refractivity contribution >= 4 is 17.6 Å². The molecule has 1 aromatic carbocycles. The van der Waals surface area contributed by atoms with E-state index in [9.17, 15) is 9.59 Å². The summed E-state index contributed by atoms with van der Waals surface area (Å²) in [6.45, 7) is 6.09. The van der Waals surface area contributed by atoms with Gasteiger partial charge >= 0.3 is 5.97 Å². The van der Waals surface area contributed by atoms with E-state index < -0.39 is 5.92 Å². The first-order valence-electron chi connectivity index (χ1n) is 6.27. The third-order valence-electron chi connectivity index (χ3n) is 2.59. The highest BCUT2D eigenvalue weighted by molar-refractivity contribution is 6.04. The number of hydrogen-bond donors (Lipinski definition) is 1. The summed E-state index contributed by atoms with van der Waals surface area (Å²) in [6.07, 6.45) is 0.108. The third-order valence-corrected chi connectivity index (χ3v) is 2.59. The molecule has 1 aromatic rings. The number of benzene rings is 1. The van der Waals surface area contributed by atoms with Crippen LogP contribution in [0.4, 0.5) is 5.69 Å². The van der Waals surface area contributed by atoms with E-state index in [0.717, 1.165) is 11.3 Å². The predicted octanol–water partition coefficient (Wildman–Crippen LogP) is 2.70. The first-order valence-corrected chi connectivity index (χ1v) is 6.27. The second-order valence-corrected chi connectivity index (χ2v) is 3.64. The number of amides is 1. The molecule has 4 heteroatoms. The predicted molar refractivity (Wildman–Crippen MR) is 70.4 cm³/mol. The molecule has 1 heterocycles. The van der Waals surface area contributed by atoms with Crippen molar-refractivity contribution < 1.29 is 14.3 Å². The van der Waals surface area contributed by atoms with Gasteiger partial charge in [-0.05, 0) is 18.6 Å². The number of para-hydroxylation sites is 1. The summed E-state index contributed by atoms with van der Waals surface area (Å²) in [5.41, 5.74) is 1.67. The van der Waals surface area contributed by atoms with Crippen molar-refractivity contribution in [3.05, 3.63) is 29.8 Å². The maximum atomic E-state index is 11.7. The Morgan fingerprint density at radius 1 is 1.33 bits per heavy atom. The van der Waals surface area contributed by atoms with E-state index in [1.807, 2.05) is 38.1 Å². The molecular formula is C14H19NO3. The first kappa shape index (κ1) is 14.2. The van der Waals surface area contributed by atoms with Crippen molar-refractivity contribution in [1.29, 1.82) is 0 Å². The highest BCUT2D eigenvalue weighted by Gasteiger charge is 2.32. The zero-order valence-electron chi connectivity index (χ0n) is 11.0. The van der Waals surface area contributed by atoms with Crippen LogP contribution in [0.25, 0.3) is 0 Å². The van der Waals surface area contributed by atoms with Crippen molar-refractivity contribution in [2.24, 2.45) is 0 Å². The smallest absolute Gasteiger partial charge is 0.306 e. The van der Waals surface area contributed by atoms with Gasteiger partial charge in [0.05, 0.1) is 18.9 Å². The number of rotatable bonds is 3. The Labute approximate surface area is 107 Å². The molecule has 1 atom stereocenters. The molecule has 0 aliphatic carbocycles. The van der Waals surface area contributed by atoms with Gasteiger partial charge in [0, 0.05) is 5.69 Å². The third kappa shape index (κ3) is 3.09. The Hall–Kier alpha value is -1.84. The van der Waals surface area contributed by atoms with Crippen LogP contribution in [0.1, 0.15) is 38.7 Å². The molecule has 98 valence electrons. The van der Waals surface area contributed by atoms with E-state index in [2.05, 4.69) is 5.32 Å². The largest absolute Gasteiger partial charge is 0.466 e. The molecule has 0 spiro atoms. The van der Waals surface area contributed by atoms with Gasteiger partial charge in [0.1, 0.15) is 0 Å². The molecule has 0 aromatic heterocycles. The van der Waals surface area contributed by atoms with Crippen molar-refractivity contribution in [2.75, 3.05) is 11.9 Å². The number of anilines is 1. The van der Waals surface area contributed by atoms with Crippen LogP contribution in [-0.4, -0.2) is 18.5 Å². The van der Waals surface area contributed by atoms with Crippen molar-refractivity contribution in [3.8, 4) is 0 Å². The van der Waals surface area contributed by atoms with E-state index in [4.69, 9.17) is 4.74 Å². The fraction of sp³-hybridized carbons (Fsp3) is 0.429. The summed E-state index contributed by atoms with van der Waals surface area (Å²) >= 11 is 0. The molecule has 1 aliphatic rings. The number of fused-ring (bicyclic) bond motifs is 1. The van der Waals surface area contributed by atoms with Crippen LogP contribution in [0, 0.1) is 0 Å². The maximum absolute atomic E-state index is 11.7. The Morgan fingerprint density at radius 2 is 2.00 bits per heavy atom. The number of esters is 1. The second kappa shape index (κ2) is 6.79. The van der Waals surface area contributed by atoms with Crippen LogP contribution in [0.15, 0.2) is 24.3 Å². The second-order valence-electron chi connectivity index (χ2n) is 3.64. The van der Waals surface area contributed by atoms with Gasteiger partial charge in [-0.2, -0.15) is 0 Å². The van der Waals surface area contributed by atoms with Crippen molar-refractivity contribution in [2.45, 2.75) is 33.1 Å². The average Bonchev–Trinajstić information content (AvgIpc) is 2.69. The number of carbonyl (C=O) groups is 2. The quantitative estimate of drug-likeness (QED) is 0.838. The Kier molecular flexibility index (Phi) is 5.36. The molecular weight excluding hydrogens is 230 g/mol. The lowest BCUT2D eigenvalue weighted by molar-refractivity contribution is -0.144. The van der Waals surface area contributed by atoms with E-state index in [1.54, 1.807) is 6.92 Å². The first-order chi connectivity index (χ1) is 8.72. The summed E-state index contributed by atoms with van der Waals surface area (Å²) in [5, 5.41) is 2.75. The van der Waals surface area contributed by atoms with Gasteiger partial charge in [-0.1, -0.05) is 32.0 Å². The molecule has 0 fully saturated rings. The molecule has 0 bridgehead atoms.